The number of carbonyl (C=O) groups excluding carboxylic acids is 5. The van der Waals surface area contributed by atoms with Crippen molar-refractivity contribution in [3.63, 3.8) is 0 Å². The highest BCUT2D eigenvalue weighted by atomic mass is 16.6. The minimum atomic E-state index is -0.762. The Hall–Kier alpha value is -5.91. The summed E-state index contributed by atoms with van der Waals surface area (Å²) in [5, 5.41) is 2.43. The second kappa shape index (κ2) is 21.0. The molecule has 12 heteroatoms. The molecule has 3 aromatic carbocycles. The van der Waals surface area contributed by atoms with Crippen LogP contribution in [0.5, 0.6) is 23.0 Å². The van der Waals surface area contributed by atoms with Gasteiger partial charge in [-0.05, 0) is 92.6 Å². The second-order valence-electron chi connectivity index (χ2n) is 9.46. The third kappa shape index (κ3) is 14.0. The number of benzene rings is 3. The van der Waals surface area contributed by atoms with E-state index in [9.17, 15) is 24.0 Å². The van der Waals surface area contributed by atoms with Crippen LogP contribution in [0.2, 0.25) is 0 Å². The van der Waals surface area contributed by atoms with E-state index in [4.69, 9.17) is 28.4 Å². The summed E-state index contributed by atoms with van der Waals surface area (Å²) in [4.78, 5) is 59.3. The number of ether oxygens (including phenoxy) is 6. The standard InChI is InChI=1S/C34H33NO11.C2H6/c1-4-30(36)42-21-6-5-20-41-26-11-7-24(8-12-26)32(38)44-27-15-17-28(18-16-27)45-33(39)25-9-13-29(14-10-25)46-34(40)35-19-22-43-31(37)23(2)3;1-2/h4,7-18H,1-2,5-6,19-22H2,3H3,(H,35,40);1-2H3. The average molecular weight is 662 g/mol. The number of hydrogen-bond donors (Lipinski definition) is 1. The van der Waals surface area contributed by atoms with Crippen LogP contribution in [0.15, 0.2) is 97.6 Å². The van der Waals surface area contributed by atoms with E-state index in [0.29, 0.717) is 30.8 Å². The van der Waals surface area contributed by atoms with Crippen LogP contribution < -0.4 is 24.3 Å². The molecule has 0 aliphatic heterocycles. The molecule has 3 aromatic rings. The molecule has 0 spiro atoms. The number of nitrogens with one attached hydrogen (secondary N) is 1. The lowest BCUT2D eigenvalue weighted by Gasteiger charge is -2.09. The molecule has 0 saturated heterocycles. The van der Waals surface area contributed by atoms with Gasteiger partial charge in [0, 0.05) is 11.6 Å². The zero-order valence-electron chi connectivity index (χ0n) is 27.2. The Labute approximate surface area is 279 Å². The Kier molecular flexibility index (Phi) is 16.7. The molecule has 0 aromatic heterocycles. The van der Waals surface area contributed by atoms with E-state index in [2.05, 4.69) is 18.5 Å². The van der Waals surface area contributed by atoms with E-state index < -0.39 is 30.0 Å². The zero-order chi connectivity index (χ0) is 35.3. The van der Waals surface area contributed by atoms with Crippen LogP contribution in [0, 0.1) is 0 Å². The van der Waals surface area contributed by atoms with Crippen LogP contribution >= 0.6 is 0 Å². The molecular weight excluding hydrogens is 622 g/mol. The molecule has 3 rings (SSSR count). The maximum Gasteiger partial charge on any atom is 0.412 e. The molecule has 254 valence electrons. The number of amides is 1. The Morgan fingerprint density at radius 1 is 0.646 bits per heavy atom. The van der Waals surface area contributed by atoms with Crippen molar-refractivity contribution >= 4 is 30.0 Å². The maximum absolute atomic E-state index is 12.5. The van der Waals surface area contributed by atoms with E-state index in [1.54, 1.807) is 24.3 Å². The van der Waals surface area contributed by atoms with Gasteiger partial charge in [0.15, 0.2) is 0 Å². The third-order valence-corrected chi connectivity index (χ3v) is 5.81. The van der Waals surface area contributed by atoms with Crippen LogP contribution in [-0.4, -0.2) is 56.3 Å². The predicted octanol–water partition coefficient (Wildman–Crippen LogP) is 6.25. The molecule has 0 heterocycles. The van der Waals surface area contributed by atoms with Gasteiger partial charge in [-0.25, -0.2) is 24.0 Å². The monoisotopic (exact) mass is 661 g/mol. The minimum Gasteiger partial charge on any atom is -0.494 e. The van der Waals surface area contributed by atoms with Crippen molar-refractivity contribution in [2.45, 2.75) is 33.6 Å². The van der Waals surface area contributed by atoms with E-state index in [1.165, 1.54) is 55.5 Å². The number of unbranched alkanes of at least 4 members (excludes halogenated alkanes) is 1. The van der Waals surface area contributed by atoms with Gasteiger partial charge in [-0.1, -0.05) is 27.0 Å². The molecule has 48 heavy (non-hydrogen) atoms. The van der Waals surface area contributed by atoms with Crippen LogP contribution in [0.3, 0.4) is 0 Å². The minimum absolute atomic E-state index is 0.0409. The molecule has 1 N–H and O–H groups in total. The Bertz CT molecular complexity index is 1530. The number of carbonyl (C=O) groups is 5. The van der Waals surface area contributed by atoms with Gasteiger partial charge in [-0.3, -0.25) is 0 Å². The van der Waals surface area contributed by atoms with Crippen LogP contribution in [-0.2, 0) is 19.1 Å². The summed E-state index contributed by atoms with van der Waals surface area (Å²) >= 11 is 0. The molecule has 0 fully saturated rings. The molecule has 0 atom stereocenters. The molecule has 0 radical (unpaired) electrons. The Morgan fingerprint density at radius 3 is 1.60 bits per heavy atom. The summed E-state index contributed by atoms with van der Waals surface area (Å²) in [7, 11) is 0. The summed E-state index contributed by atoms with van der Waals surface area (Å²) in [5.74, 6) is -1.03. The fraction of sp³-hybridized carbons (Fsp3) is 0.250. The van der Waals surface area contributed by atoms with Crippen molar-refractivity contribution in [3.8, 4) is 23.0 Å². The first-order chi connectivity index (χ1) is 23.1. The number of hydrogen-bond acceptors (Lipinski definition) is 11. The van der Waals surface area contributed by atoms with Crippen LogP contribution in [0.1, 0.15) is 54.3 Å². The largest absolute Gasteiger partial charge is 0.494 e. The first kappa shape index (κ1) is 38.3. The van der Waals surface area contributed by atoms with Gasteiger partial charge in [0.25, 0.3) is 0 Å². The molecule has 0 aliphatic carbocycles. The fourth-order valence-electron chi connectivity index (χ4n) is 3.44. The van der Waals surface area contributed by atoms with Crippen molar-refractivity contribution in [2.75, 3.05) is 26.4 Å². The Morgan fingerprint density at radius 2 is 1.10 bits per heavy atom. The first-order valence-corrected chi connectivity index (χ1v) is 15.1. The molecule has 1 amide bonds. The highest BCUT2D eigenvalue weighted by Gasteiger charge is 2.13. The topological polar surface area (TPSA) is 153 Å². The van der Waals surface area contributed by atoms with Gasteiger partial charge < -0.3 is 33.7 Å². The van der Waals surface area contributed by atoms with Crippen LogP contribution in [0.4, 0.5) is 4.79 Å². The summed E-state index contributed by atoms with van der Waals surface area (Å²) in [5.41, 5.74) is 0.770. The van der Waals surface area contributed by atoms with Gasteiger partial charge in [0.05, 0.1) is 30.9 Å². The lowest BCUT2D eigenvalue weighted by atomic mass is 10.2. The first-order valence-electron chi connectivity index (χ1n) is 15.1. The maximum atomic E-state index is 12.5. The van der Waals surface area contributed by atoms with Crippen LogP contribution in [0.25, 0.3) is 0 Å². The van der Waals surface area contributed by atoms with Crippen molar-refractivity contribution in [1.82, 2.24) is 5.32 Å². The molecule has 0 aliphatic rings. The third-order valence-electron chi connectivity index (χ3n) is 5.81. The van der Waals surface area contributed by atoms with Gasteiger partial charge in [-0.15, -0.1) is 0 Å². The van der Waals surface area contributed by atoms with E-state index in [-0.39, 0.29) is 48.1 Å². The lowest BCUT2D eigenvalue weighted by Crippen LogP contribution is -2.30. The average Bonchev–Trinajstić information content (AvgIpc) is 3.10. The van der Waals surface area contributed by atoms with Gasteiger partial charge in [0.1, 0.15) is 29.6 Å². The normalized spacial score (nSPS) is 9.81. The highest BCUT2D eigenvalue weighted by Crippen LogP contribution is 2.21. The zero-order valence-corrected chi connectivity index (χ0v) is 27.2. The predicted molar refractivity (Wildman–Crippen MR) is 176 cm³/mol. The van der Waals surface area contributed by atoms with Gasteiger partial charge in [0.2, 0.25) is 0 Å². The van der Waals surface area contributed by atoms with Gasteiger partial charge in [-0.2, -0.15) is 0 Å². The van der Waals surface area contributed by atoms with E-state index in [0.717, 1.165) is 6.08 Å². The number of rotatable bonds is 16. The Balaban J connectivity index is 0.00000392. The molecule has 12 nitrogen and oxygen atoms in total. The second-order valence-corrected chi connectivity index (χ2v) is 9.46. The van der Waals surface area contributed by atoms with Gasteiger partial charge >= 0.3 is 30.0 Å². The van der Waals surface area contributed by atoms with Crippen molar-refractivity contribution in [1.29, 1.82) is 0 Å². The molecular formula is C36H39NO11. The summed E-state index contributed by atoms with van der Waals surface area (Å²) in [6.07, 6.45) is 1.68. The SMILES string of the molecule is C=CC(=O)OCCCCOc1ccc(C(=O)Oc2ccc(OC(=O)c3ccc(OC(=O)NCCOC(=O)C(=C)C)cc3)cc2)cc1.CC. The van der Waals surface area contributed by atoms with Crippen molar-refractivity contribution in [2.24, 2.45) is 0 Å². The summed E-state index contributed by atoms with van der Waals surface area (Å²) in [6, 6.07) is 18.1. The van der Waals surface area contributed by atoms with E-state index >= 15 is 0 Å². The molecule has 0 saturated carbocycles. The van der Waals surface area contributed by atoms with Crippen molar-refractivity contribution in [3.05, 3.63) is 109 Å². The quantitative estimate of drug-likeness (QED) is 0.0803. The molecule has 0 bridgehead atoms. The fourth-order valence-corrected chi connectivity index (χ4v) is 3.44. The lowest BCUT2D eigenvalue weighted by molar-refractivity contribution is -0.139. The smallest absolute Gasteiger partial charge is 0.412 e. The summed E-state index contributed by atoms with van der Waals surface area (Å²) in [6.45, 7) is 13.0. The van der Waals surface area contributed by atoms with E-state index in [1.807, 2.05) is 13.8 Å². The molecule has 0 unspecified atom stereocenters. The van der Waals surface area contributed by atoms with Crippen molar-refractivity contribution < 1.29 is 52.4 Å². The summed E-state index contributed by atoms with van der Waals surface area (Å²) < 4.78 is 31.3. The number of esters is 4. The highest BCUT2D eigenvalue weighted by molar-refractivity contribution is 5.92.